The minimum Gasteiger partial charge on any atom is -0.348 e. The minimum atomic E-state index is -0.802. The Morgan fingerprint density at radius 3 is 2.82 bits per heavy atom. The number of amides is 3. The first-order chi connectivity index (χ1) is 10.5. The number of nitrogens with zero attached hydrogens (tertiary/aromatic N) is 2. The Morgan fingerprint density at radius 2 is 2.18 bits per heavy atom. The molecular formula is C16H21N3O3. The summed E-state index contributed by atoms with van der Waals surface area (Å²) < 4.78 is 1.69. The fourth-order valence-electron chi connectivity index (χ4n) is 3.61. The maximum absolute atomic E-state index is 12.8. The molecule has 6 nitrogen and oxygen atoms in total. The van der Waals surface area contributed by atoms with Crippen LogP contribution in [0.3, 0.4) is 0 Å². The van der Waals surface area contributed by atoms with E-state index in [0.717, 1.165) is 24.2 Å². The predicted octanol–water partition coefficient (Wildman–Crippen LogP) is 1.71. The van der Waals surface area contributed by atoms with Crippen molar-refractivity contribution in [2.24, 2.45) is 13.0 Å². The third-order valence-electron chi connectivity index (χ3n) is 5.03. The molecule has 0 radical (unpaired) electrons. The molecule has 2 heterocycles. The van der Waals surface area contributed by atoms with Gasteiger partial charge in [-0.15, -0.1) is 0 Å². The molecule has 0 bridgehead atoms. The van der Waals surface area contributed by atoms with Crippen LogP contribution in [0.1, 0.15) is 43.1 Å². The third kappa shape index (κ3) is 2.14. The lowest BCUT2D eigenvalue weighted by Gasteiger charge is -2.36. The fraction of sp³-hybridized carbons (Fsp3) is 0.562. The van der Waals surface area contributed by atoms with Crippen LogP contribution in [0.5, 0.6) is 0 Å². The average molecular weight is 303 g/mol. The summed E-state index contributed by atoms with van der Waals surface area (Å²) in [6.45, 7) is 1.80. The van der Waals surface area contributed by atoms with Crippen LogP contribution in [-0.4, -0.2) is 39.3 Å². The Kier molecular flexibility index (Phi) is 3.54. The lowest BCUT2D eigenvalue weighted by molar-refractivity contribution is -0.133. The first-order valence-electron chi connectivity index (χ1n) is 7.74. The molecular weight excluding hydrogens is 282 g/mol. The van der Waals surface area contributed by atoms with Gasteiger partial charge in [-0.3, -0.25) is 14.5 Å². The van der Waals surface area contributed by atoms with Crippen molar-refractivity contribution in [1.82, 2.24) is 14.8 Å². The summed E-state index contributed by atoms with van der Waals surface area (Å²) in [5.74, 6) is -0.364. The van der Waals surface area contributed by atoms with Crippen molar-refractivity contribution in [3.63, 3.8) is 0 Å². The summed E-state index contributed by atoms with van der Waals surface area (Å²) in [7, 11) is 1.77. The number of hydrogen-bond donors (Lipinski definition) is 1. The summed E-state index contributed by atoms with van der Waals surface area (Å²) in [4.78, 5) is 38.4. The second kappa shape index (κ2) is 5.26. The predicted molar refractivity (Wildman–Crippen MR) is 80.4 cm³/mol. The Balaban J connectivity index is 1.80. The molecule has 2 atom stereocenters. The van der Waals surface area contributed by atoms with Crippen molar-refractivity contribution >= 4 is 17.7 Å². The number of aryl methyl sites for hydroxylation is 1. The molecule has 1 saturated heterocycles. The third-order valence-corrected chi connectivity index (χ3v) is 5.03. The molecule has 3 amide bonds. The van der Waals surface area contributed by atoms with Crippen LogP contribution in [0, 0.1) is 5.92 Å². The van der Waals surface area contributed by atoms with Gasteiger partial charge in [0, 0.05) is 13.2 Å². The molecule has 118 valence electrons. The number of carbonyl (C=O) groups excluding carboxylic acids is 3. The molecule has 0 aromatic carbocycles. The Labute approximate surface area is 129 Å². The van der Waals surface area contributed by atoms with Gasteiger partial charge in [-0.25, -0.2) is 4.79 Å². The highest BCUT2D eigenvalue weighted by molar-refractivity contribution is 6.11. The summed E-state index contributed by atoms with van der Waals surface area (Å²) in [5, 5.41) is 2.86. The molecule has 1 spiro atoms. The standard InChI is InChI=1S/C16H21N3O3/c1-11-6-3-4-8-16(11)14(21)19(15(22)17-16)10-13(20)12-7-5-9-18(12)2/h5,7,9,11H,3-4,6,8,10H2,1-2H3,(H,17,22)/t11-,16-/m0/s1. The SMILES string of the molecule is C[C@H]1CCCC[C@]12NC(=O)N(CC(=O)c1cccn1C)C2=O. The Morgan fingerprint density at radius 1 is 1.41 bits per heavy atom. The molecule has 6 heteroatoms. The van der Waals surface area contributed by atoms with Gasteiger partial charge in [-0.1, -0.05) is 19.8 Å². The lowest BCUT2D eigenvalue weighted by Crippen LogP contribution is -2.54. The van der Waals surface area contributed by atoms with E-state index in [-0.39, 0.29) is 24.2 Å². The number of hydrogen-bond acceptors (Lipinski definition) is 3. The molecule has 3 rings (SSSR count). The van der Waals surface area contributed by atoms with Crippen molar-refractivity contribution in [3.8, 4) is 0 Å². The first-order valence-corrected chi connectivity index (χ1v) is 7.74. The summed E-state index contributed by atoms with van der Waals surface area (Å²) in [6.07, 6.45) is 5.35. The fourth-order valence-corrected chi connectivity index (χ4v) is 3.61. The van der Waals surface area contributed by atoms with Crippen LogP contribution >= 0.6 is 0 Å². The first kappa shape index (κ1) is 14.8. The van der Waals surface area contributed by atoms with Crippen molar-refractivity contribution in [2.45, 2.75) is 38.1 Å². The van der Waals surface area contributed by atoms with E-state index in [0.29, 0.717) is 12.1 Å². The smallest absolute Gasteiger partial charge is 0.325 e. The van der Waals surface area contributed by atoms with E-state index in [4.69, 9.17) is 0 Å². The molecule has 2 aliphatic rings. The Bertz CT molecular complexity index is 636. The van der Waals surface area contributed by atoms with Crippen LogP contribution in [0.15, 0.2) is 18.3 Å². The van der Waals surface area contributed by atoms with Crippen molar-refractivity contribution in [3.05, 3.63) is 24.0 Å². The molecule has 1 saturated carbocycles. The van der Waals surface area contributed by atoms with Crippen molar-refractivity contribution in [1.29, 1.82) is 0 Å². The van der Waals surface area contributed by atoms with Crippen LogP contribution in [-0.2, 0) is 11.8 Å². The van der Waals surface area contributed by atoms with E-state index in [1.54, 1.807) is 29.9 Å². The summed E-state index contributed by atoms with van der Waals surface area (Å²) in [5.41, 5.74) is -0.303. The molecule has 1 N–H and O–H groups in total. The molecule has 22 heavy (non-hydrogen) atoms. The number of urea groups is 1. The minimum absolute atomic E-state index is 0.104. The number of aromatic nitrogens is 1. The highest BCUT2D eigenvalue weighted by Crippen LogP contribution is 2.38. The molecule has 2 fully saturated rings. The van der Waals surface area contributed by atoms with Crippen LogP contribution in [0.25, 0.3) is 0 Å². The van der Waals surface area contributed by atoms with E-state index < -0.39 is 11.6 Å². The van der Waals surface area contributed by atoms with E-state index in [1.165, 1.54) is 0 Å². The lowest BCUT2D eigenvalue weighted by atomic mass is 9.73. The number of nitrogens with one attached hydrogen (secondary N) is 1. The molecule has 1 aromatic rings. The van der Waals surface area contributed by atoms with E-state index >= 15 is 0 Å². The highest BCUT2D eigenvalue weighted by Gasteiger charge is 2.55. The summed E-state index contributed by atoms with van der Waals surface area (Å²) >= 11 is 0. The highest BCUT2D eigenvalue weighted by atomic mass is 16.2. The quantitative estimate of drug-likeness (QED) is 0.682. The van der Waals surface area contributed by atoms with Crippen molar-refractivity contribution in [2.75, 3.05) is 6.54 Å². The van der Waals surface area contributed by atoms with Crippen LogP contribution in [0.2, 0.25) is 0 Å². The molecule has 1 aliphatic heterocycles. The average Bonchev–Trinajstić information content (AvgIpc) is 3.00. The van der Waals surface area contributed by atoms with Crippen LogP contribution in [0.4, 0.5) is 4.79 Å². The molecule has 1 aromatic heterocycles. The van der Waals surface area contributed by atoms with E-state index in [1.807, 2.05) is 6.92 Å². The molecule has 0 unspecified atom stereocenters. The zero-order chi connectivity index (χ0) is 15.9. The largest absolute Gasteiger partial charge is 0.348 e. The maximum Gasteiger partial charge on any atom is 0.325 e. The number of ketones is 1. The second-order valence-corrected chi connectivity index (χ2v) is 6.37. The van der Waals surface area contributed by atoms with Gasteiger partial charge in [-0.2, -0.15) is 0 Å². The Hall–Kier alpha value is -2.11. The zero-order valence-electron chi connectivity index (χ0n) is 13.0. The molecule has 1 aliphatic carbocycles. The van der Waals surface area contributed by atoms with Crippen LogP contribution < -0.4 is 5.32 Å². The van der Waals surface area contributed by atoms with E-state index in [2.05, 4.69) is 5.32 Å². The number of carbonyl (C=O) groups is 3. The van der Waals surface area contributed by atoms with Gasteiger partial charge in [0.25, 0.3) is 5.91 Å². The zero-order valence-corrected chi connectivity index (χ0v) is 13.0. The number of imide groups is 1. The van der Waals surface area contributed by atoms with Gasteiger partial charge in [0.15, 0.2) is 5.78 Å². The second-order valence-electron chi connectivity index (χ2n) is 6.37. The van der Waals surface area contributed by atoms with Gasteiger partial charge in [-0.05, 0) is 30.9 Å². The monoisotopic (exact) mass is 303 g/mol. The van der Waals surface area contributed by atoms with E-state index in [9.17, 15) is 14.4 Å². The number of rotatable bonds is 3. The van der Waals surface area contributed by atoms with Gasteiger partial charge < -0.3 is 9.88 Å². The number of Topliss-reactive ketones (excluding diaryl/α,β-unsaturated/α-hetero) is 1. The van der Waals surface area contributed by atoms with Gasteiger partial charge >= 0.3 is 6.03 Å². The van der Waals surface area contributed by atoms with Crippen molar-refractivity contribution < 1.29 is 14.4 Å². The van der Waals surface area contributed by atoms with Gasteiger partial charge in [0.2, 0.25) is 0 Å². The maximum atomic E-state index is 12.8. The topological polar surface area (TPSA) is 71.4 Å². The van der Waals surface area contributed by atoms with Gasteiger partial charge in [0.1, 0.15) is 5.54 Å². The summed E-state index contributed by atoms with van der Waals surface area (Å²) in [6, 6.07) is 3.02. The van der Waals surface area contributed by atoms with Gasteiger partial charge in [0.05, 0.1) is 12.2 Å². The normalized spacial score (nSPS) is 28.3.